The number of hydrogen-bond donors (Lipinski definition) is 0. The van der Waals surface area contributed by atoms with E-state index in [0.717, 1.165) is 0 Å². The molecule has 0 atom stereocenters. The fraction of sp³-hybridized carbons (Fsp3) is 0.429. The second-order valence-electron chi connectivity index (χ2n) is 2.57. The maximum absolute atomic E-state index is 11.1. The molecule has 0 bridgehead atoms. The van der Waals surface area contributed by atoms with Gasteiger partial charge < -0.3 is 5.11 Å². The zero-order chi connectivity index (χ0) is 13.1. The summed E-state index contributed by atoms with van der Waals surface area (Å²) in [5.74, 6) is -2.96. The van der Waals surface area contributed by atoms with Crippen molar-refractivity contribution in [1.82, 2.24) is 0 Å². The molecule has 0 heterocycles. The molecule has 0 spiro atoms. The molecule has 0 saturated heterocycles. The van der Waals surface area contributed by atoms with Crippen molar-refractivity contribution in [3.63, 3.8) is 0 Å². The van der Waals surface area contributed by atoms with E-state index in [4.69, 9.17) is 69.6 Å². The van der Waals surface area contributed by atoms with Gasteiger partial charge in [0.25, 0.3) is 0 Å². The molecule has 0 saturated carbocycles. The lowest BCUT2D eigenvalue weighted by Crippen LogP contribution is -2.24. The highest BCUT2D eigenvalue weighted by Gasteiger charge is 2.31. The summed E-state index contributed by atoms with van der Waals surface area (Å²) in [4.78, 5) is 22.2. The lowest BCUT2D eigenvalue weighted by atomic mass is 10.2. The normalized spacial score (nSPS) is 13.8. The molecule has 0 fully saturated rings. The minimum Gasteiger partial charge on any atom is -0.873 e. The molecular formula is C7H3Cl6O3-. The molecule has 0 aromatic rings. The Morgan fingerprint density at radius 2 is 1.44 bits per heavy atom. The Morgan fingerprint density at radius 3 is 1.75 bits per heavy atom. The molecular weight excluding hydrogens is 345 g/mol. The minimum absolute atomic E-state index is 0.474. The zero-order valence-electron chi connectivity index (χ0n) is 7.28. The first-order valence-corrected chi connectivity index (χ1v) is 5.80. The molecule has 16 heavy (non-hydrogen) atoms. The number of alkyl halides is 6. The number of halogens is 6. The van der Waals surface area contributed by atoms with Crippen LogP contribution in [-0.4, -0.2) is 19.2 Å². The molecule has 9 heteroatoms. The molecule has 0 aliphatic heterocycles. The third kappa shape index (κ3) is 6.38. The van der Waals surface area contributed by atoms with E-state index < -0.39 is 31.3 Å². The van der Waals surface area contributed by atoms with Crippen LogP contribution in [0.2, 0.25) is 0 Å². The number of allylic oxidation sites excluding steroid dienone is 2. The summed E-state index contributed by atoms with van der Waals surface area (Å²) in [7, 11) is 0. The number of ketones is 2. The average molecular weight is 348 g/mol. The summed E-state index contributed by atoms with van der Waals surface area (Å²) >= 11 is 31.2. The molecule has 0 aromatic heterocycles. The minimum atomic E-state index is -2.25. The van der Waals surface area contributed by atoms with Crippen molar-refractivity contribution in [2.75, 3.05) is 0 Å². The second-order valence-corrected chi connectivity index (χ2v) is 7.13. The van der Waals surface area contributed by atoms with E-state index in [-0.39, 0.29) is 0 Å². The largest absolute Gasteiger partial charge is 0.873 e. The third-order valence-electron chi connectivity index (χ3n) is 1.22. The molecule has 0 radical (unpaired) electrons. The Bertz CT molecular complexity index is 324. The summed E-state index contributed by atoms with van der Waals surface area (Å²) in [6.07, 6.45) is -0.287. The van der Waals surface area contributed by atoms with Crippen LogP contribution in [0.5, 0.6) is 0 Å². The van der Waals surface area contributed by atoms with Crippen LogP contribution in [0.3, 0.4) is 0 Å². The van der Waals surface area contributed by atoms with E-state index in [1.807, 2.05) is 0 Å². The van der Waals surface area contributed by atoms with Crippen LogP contribution >= 0.6 is 69.6 Å². The lowest BCUT2D eigenvalue weighted by Gasteiger charge is -2.20. The van der Waals surface area contributed by atoms with Crippen molar-refractivity contribution in [3.8, 4) is 0 Å². The summed E-state index contributed by atoms with van der Waals surface area (Å²) in [5.41, 5.74) is 0. The number of carbonyl (C=O) groups is 2. The van der Waals surface area contributed by atoms with Gasteiger partial charge in [0, 0.05) is 0 Å². The highest BCUT2D eigenvalue weighted by Crippen LogP contribution is 2.32. The van der Waals surface area contributed by atoms with Crippen molar-refractivity contribution < 1.29 is 14.7 Å². The molecule has 92 valence electrons. The second kappa shape index (κ2) is 5.98. The van der Waals surface area contributed by atoms with Gasteiger partial charge in [0.15, 0.2) is 11.6 Å². The van der Waals surface area contributed by atoms with Crippen LogP contribution < -0.4 is 5.11 Å². The van der Waals surface area contributed by atoms with Crippen LogP contribution in [0, 0.1) is 0 Å². The molecule has 0 rings (SSSR count). The molecule has 3 nitrogen and oxygen atoms in total. The van der Waals surface area contributed by atoms with E-state index in [2.05, 4.69) is 0 Å². The van der Waals surface area contributed by atoms with Gasteiger partial charge in [-0.25, -0.2) is 0 Å². The van der Waals surface area contributed by atoms with Gasteiger partial charge in [-0.15, -0.1) is 0 Å². The Morgan fingerprint density at radius 1 is 1.00 bits per heavy atom. The quantitative estimate of drug-likeness (QED) is 0.341. The Kier molecular flexibility index (Phi) is 6.22. The van der Waals surface area contributed by atoms with Gasteiger partial charge in [-0.3, -0.25) is 9.59 Å². The first-order chi connectivity index (χ1) is 6.94. The SMILES string of the molecule is O=C(/C=C(\[O-])C(Cl)(Cl)Cl)CC(=O)C(Cl)(Cl)Cl. The first kappa shape index (κ1) is 16.6. The van der Waals surface area contributed by atoms with E-state index in [1.54, 1.807) is 0 Å². The molecule has 0 amide bonds. The predicted octanol–water partition coefficient (Wildman–Crippen LogP) is 2.50. The fourth-order valence-electron chi connectivity index (χ4n) is 0.538. The van der Waals surface area contributed by atoms with Crippen LogP contribution in [0.4, 0.5) is 0 Å². The van der Waals surface area contributed by atoms with Gasteiger partial charge in [0.05, 0.1) is 6.42 Å². The molecule has 0 aromatic carbocycles. The van der Waals surface area contributed by atoms with E-state index in [0.29, 0.717) is 6.08 Å². The molecule has 0 unspecified atom stereocenters. The summed E-state index contributed by atoms with van der Waals surface area (Å²) < 4.78 is -4.47. The third-order valence-corrected chi connectivity index (χ3v) is 2.41. The average Bonchev–Trinajstić information content (AvgIpc) is 1.99. The zero-order valence-corrected chi connectivity index (χ0v) is 11.8. The number of rotatable bonds is 3. The van der Waals surface area contributed by atoms with E-state index in [1.165, 1.54) is 0 Å². The van der Waals surface area contributed by atoms with E-state index in [9.17, 15) is 14.7 Å². The van der Waals surface area contributed by atoms with Crippen LogP contribution in [0.1, 0.15) is 6.42 Å². The van der Waals surface area contributed by atoms with Crippen LogP contribution in [0.15, 0.2) is 11.8 Å². The van der Waals surface area contributed by atoms with Gasteiger partial charge in [-0.1, -0.05) is 75.4 Å². The van der Waals surface area contributed by atoms with Gasteiger partial charge in [0.1, 0.15) is 0 Å². The van der Waals surface area contributed by atoms with Crippen molar-refractivity contribution in [2.24, 2.45) is 0 Å². The first-order valence-electron chi connectivity index (χ1n) is 3.53. The Labute approximate surface area is 121 Å². The number of Topliss-reactive ketones (excluding diaryl/α,β-unsaturated/α-hetero) is 1. The van der Waals surface area contributed by atoms with Crippen LogP contribution in [0.25, 0.3) is 0 Å². The number of hydrogen-bond acceptors (Lipinski definition) is 3. The van der Waals surface area contributed by atoms with Crippen molar-refractivity contribution in [2.45, 2.75) is 14.0 Å². The van der Waals surface area contributed by atoms with Crippen molar-refractivity contribution >= 4 is 81.2 Å². The molecule has 0 aliphatic carbocycles. The summed E-state index contributed by atoms with van der Waals surface area (Å²) in [6, 6.07) is 0. The summed E-state index contributed by atoms with van der Waals surface area (Å²) in [6.45, 7) is 0. The maximum Gasteiger partial charge on any atom is 0.249 e. The number of carbonyl (C=O) groups excluding carboxylic acids is 2. The lowest BCUT2D eigenvalue weighted by molar-refractivity contribution is -0.304. The van der Waals surface area contributed by atoms with Crippen molar-refractivity contribution in [1.29, 1.82) is 0 Å². The van der Waals surface area contributed by atoms with E-state index >= 15 is 0 Å². The highest BCUT2D eigenvalue weighted by molar-refractivity contribution is 6.76. The van der Waals surface area contributed by atoms with Crippen LogP contribution in [-0.2, 0) is 9.59 Å². The monoisotopic (exact) mass is 345 g/mol. The maximum atomic E-state index is 11.1. The Hall–Kier alpha value is 0.620. The van der Waals surface area contributed by atoms with Gasteiger partial charge >= 0.3 is 0 Å². The van der Waals surface area contributed by atoms with Gasteiger partial charge in [-0.05, 0) is 6.08 Å². The fourth-order valence-corrected chi connectivity index (χ4v) is 0.902. The Balaban J connectivity index is 4.59. The highest BCUT2D eigenvalue weighted by atomic mass is 35.6. The van der Waals surface area contributed by atoms with Crippen molar-refractivity contribution in [3.05, 3.63) is 11.8 Å². The summed E-state index contributed by atoms with van der Waals surface area (Å²) in [5, 5.41) is 11.0. The molecule has 0 aliphatic rings. The van der Waals surface area contributed by atoms with Gasteiger partial charge in [0.2, 0.25) is 7.59 Å². The topological polar surface area (TPSA) is 57.2 Å². The standard InChI is InChI=1S/C7H4Cl6O3/c8-6(9,10)4(15)1-3(14)2-5(16)7(11,12)13/h1,15H,2H2/p-1/b4-1-. The smallest absolute Gasteiger partial charge is 0.249 e. The predicted molar refractivity (Wildman–Crippen MR) is 63.3 cm³/mol. The molecule has 0 N–H and O–H groups in total. The van der Waals surface area contributed by atoms with Gasteiger partial charge in [-0.2, -0.15) is 0 Å².